The SMILES string of the molecule is CN1/C(=C/C=O)C2(CCCCC2)c2c1cc(Br)c([N+](=O)[O-])c2Cl. The number of hydrogen-bond donors (Lipinski definition) is 0. The molecule has 0 atom stereocenters. The number of nitro benzene ring substituents is 1. The molecule has 7 heteroatoms. The highest BCUT2D eigenvalue weighted by Crippen LogP contribution is 2.59. The van der Waals surface area contributed by atoms with Crippen LogP contribution in [0.15, 0.2) is 22.3 Å². The number of anilines is 1. The first kappa shape index (κ1) is 16.5. The number of carbonyl (C=O) groups excluding carboxylic acids is 1. The molecule has 1 spiro atoms. The number of carbonyl (C=O) groups is 1. The van der Waals surface area contributed by atoms with Crippen molar-refractivity contribution in [2.45, 2.75) is 37.5 Å². The lowest BCUT2D eigenvalue weighted by Gasteiger charge is -2.36. The summed E-state index contributed by atoms with van der Waals surface area (Å²) in [5, 5.41) is 11.6. The first-order valence-corrected chi connectivity index (χ1v) is 8.67. The van der Waals surface area contributed by atoms with Crippen LogP contribution in [0.2, 0.25) is 5.02 Å². The van der Waals surface area contributed by atoms with Gasteiger partial charge in [0.15, 0.2) is 0 Å². The average Bonchev–Trinajstić information content (AvgIpc) is 2.71. The van der Waals surface area contributed by atoms with E-state index < -0.39 is 10.3 Å². The summed E-state index contributed by atoms with van der Waals surface area (Å²) in [5.74, 6) is 0. The molecule has 0 unspecified atom stereocenters. The molecule has 23 heavy (non-hydrogen) atoms. The first-order chi connectivity index (χ1) is 10.9. The van der Waals surface area contributed by atoms with Gasteiger partial charge in [-0.15, -0.1) is 0 Å². The molecule has 0 radical (unpaired) electrons. The maximum absolute atomic E-state index is 11.4. The van der Waals surface area contributed by atoms with Crippen LogP contribution in [0.1, 0.15) is 37.7 Å². The molecule has 1 aliphatic carbocycles. The fourth-order valence-corrected chi connectivity index (χ4v) is 5.18. The zero-order valence-corrected chi connectivity index (χ0v) is 15.0. The molecule has 0 bridgehead atoms. The van der Waals surface area contributed by atoms with Gasteiger partial charge in [-0.3, -0.25) is 14.9 Å². The Hall–Kier alpha value is -1.40. The number of fused-ring (bicyclic) bond motifs is 2. The summed E-state index contributed by atoms with van der Waals surface area (Å²) in [6.07, 6.45) is 7.22. The summed E-state index contributed by atoms with van der Waals surface area (Å²) < 4.78 is 0.358. The number of nitro groups is 1. The van der Waals surface area contributed by atoms with Crippen LogP contribution in [0.25, 0.3) is 0 Å². The zero-order chi connectivity index (χ0) is 16.8. The Morgan fingerprint density at radius 2 is 2.04 bits per heavy atom. The van der Waals surface area contributed by atoms with E-state index in [9.17, 15) is 14.9 Å². The summed E-state index contributed by atoms with van der Waals surface area (Å²) in [5.41, 5.74) is 2.02. The second kappa shape index (κ2) is 5.91. The van der Waals surface area contributed by atoms with Crippen LogP contribution in [-0.2, 0) is 10.2 Å². The molecule has 1 fully saturated rings. The highest BCUT2D eigenvalue weighted by Gasteiger charge is 2.49. The molecule has 1 saturated carbocycles. The third-order valence-electron chi connectivity index (χ3n) is 4.98. The average molecular weight is 400 g/mol. The van der Waals surface area contributed by atoms with Gasteiger partial charge in [-0.05, 0) is 40.9 Å². The molecular weight excluding hydrogens is 384 g/mol. The lowest BCUT2D eigenvalue weighted by molar-refractivity contribution is -0.385. The zero-order valence-electron chi connectivity index (χ0n) is 12.6. The molecule has 122 valence electrons. The molecule has 1 aromatic rings. The van der Waals surface area contributed by atoms with Gasteiger partial charge >= 0.3 is 5.69 Å². The van der Waals surface area contributed by atoms with Crippen LogP contribution in [0, 0.1) is 10.1 Å². The Morgan fingerprint density at radius 3 is 2.61 bits per heavy atom. The van der Waals surface area contributed by atoms with E-state index in [1.807, 2.05) is 11.9 Å². The molecule has 1 heterocycles. The smallest absolute Gasteiger partial charge is 0.302 e. The molecule has 2 aliphatic rings. The number of hydrogen-bond acceptors (Lipinski definition) is 4. The van der Waals surface area contributed by atoms with Gasteiger partial charge in [-0.25, -0.2) is 0 Å². The van der Waals surface area contributed by atoms with Crippen molar-refractivity contribution in [2.75, 3.05) is 11.9 Å². The number of rotatable bonds is 2. The van der Waals surface area contributed by atoms with Crippen molar-refractivity contribution in [3.63, 3.8) is 0 Å². The van der Waals surface area contributed by atoms with E-state index >= 15 is 0 Å². The molecular formula is C16H16BrClN2O3. The fourth-order valence-electron chi connectivity index (χ4n) is 4.06. The van der Waals surface area contributed by atoms with Gasteiger partial charge in [0.2, 0.25) is 0 Å². The van der Waals surface area contributed by atoms with Crippen LogP contribution < -0.4 is 4.90 Å². The van der Waals surface area contributed by atoms with Crippen LogP contribution in [0.4, 0.5) is 11.4 Å². The predicted molar refractivity (Wildman–Crippen MR) is 93.1 cm³/mol. The largest absolute Gasteiger partial charge is 0.347 e. The van der Waals surface area contributed by atoms with E-state index in [1.165, 1.54) is 0 Å². The van der Waals surface area contributed by atoms with Crippen molar-refractivity contribution >= 4 is 45.2 Å². The van der Waals surface area contributed by atoms with Crippen LogP contribution >= 0.6 is 27.5 Å². The first-order valence-electron chi connectivity index (χ1n) is 7.50. The second-order valence-electron chi connectivity index (χ2n) is 6.06. The highest BCUT2D eigenvalue weighted by atomic mass is 79.9. The van der Waals surface area contributed by atoms with Crippen LogP contribution in [-0.4, -0.2) is 18.3 Å². The number of nitrogens with zero attached hydrogens (tertiary/aromatic N) is 2. The van der Waals surface area contributed by atoms with E-state index in [4.69, 9.17) is 11.6 Å². The molecule has 1 aromatic carbocycles. The Balaban J connectivity index is 2.34. The monoisotopic (exact) mass is 398 g/mol. The van der Waals surface area contributed by atoms with Gasteiger partial charge in [0.1, 0.15) is 11.3 Å². The summed E-state index contributed by atoms with van der Waals surface area (Å²) >= 11 is 9.75. The van der Waals surface area contributed by atoms with Gasteiger partial charge in [0.25, 0.3) is 0 Å². The van der Waals surface area contributed by atoms with Crippen molar-refractivity contribution in [3.8, 4) is 0 Å². The summed E-state index contributed by atoms with van der Waals surface area (Å²) in [4.78, 5) is 24.1. The molecule has 0 aromatic heterocycles. The fraction of sp³-hybridized carbons (Fsp3) is 0.438. The number of likely N-dealkylation sites (N-methyl/N-ethyl adjacent to an activating group) is 1. The van der Waals surface area contributed by atoms with Gasteiger partial charge in [-0.2, -0.15) is 0 Å². The van der Waals surface area contributed by atoms with Crippen LogP contribution in [0.3, 0.4) is 0 Å². The van der Waals surface area contributed by atoms with E-state index in [1.54, 1.807) is 12.1 Å². The van der Waals surface area contributed by atoms with Crippen molar-refractivity contribution in [3.05, 3.63) is 43.0 Å². The summed E-state index contributed by atoms with van der Waals surface area (Å²) in [7, 11) is 1.88. The third kappa shape index (κ3) is 2.31. The minimum atomic E-state index is -0.454. The molecule has 0 amide bonds. The minimum Gasteiger partial charge on any atom is -0.347 e. The lowest BCUT2D eigenvalue weighted by atomic mass is 9.68. The standard InChI is InChI=1S/C16H16BrClN2O3/c1-19-11-9-10(17)15(20(22)23)14(18)13(11)16(12(19)5-8-21)6-3-2-4-7-16/h5,8-9H,2-4,6-7H2,1H3/b12-5+. The maximum atomic E-state index is 11.4. The Morgan fingerprint density at radius 1 is 1.39 bits per heavy atom. The predicted octanol–water partition coefficient (Wildman–Crippen LogP) is 4.75. The molecule has 0 N–H and O–H groups in total. The Kier molecular flexibility index (Phi) is 4.23. The molecule has 3 rings (SSSR count). The topological polar surface area (TPSA) is 63.5 Å². The van der Waals surface area contributed by atoms with E-state index in [0.717, 1.165) is 55.3 Å². The van der Waals surface area contributed by atoms with Gasteiger partial charge in [-0.1, -0.05) is 30.9 Å². The van der Waals surface area contributed by atoms with Crippen molar-refractivity contribution in [1.29, 1.82) is 0 Å². The molecule has 1 aliphatic heterocycles. The number of allylic oxidation sites excluding steroid dienone is 2. The van der Waals surface area contributed by atoms with Crippen molar-refractivity contribution < 1.29 is 9.72 Å². The highest BCUT2D eigenvalue weighted by molar-refractivity contribution is 9.10. The van der Waals surface area contributed by atoms with Gasteiger partial charge < -0.3 is 4.90 Å². The number of halogens is 2. The van der Waals surface area contributed by atoms with Crippen molar-refractivity contribution in [1.82, 2.24) is 0 Å². The summed E-state index contributed by atoms with van der Waals surface area (Å²) in [6.45, 7) is 0. The molecule has 5 nitrogen and oxygen atoms in total. The number of aldehydes is 1. The second-order valence-corrected chi connectivity index (χ2v) is 7.29. The van der Waals surface area contributed by atoms with E-state index in [-0.39, 0.29) is 10.7 Å². The van der Waals surface area contributed by atoms with Gasteiger partial charge in [0, 0.05) is 29.4 Å². The summed E-state index contributed by atoms with van der Waals surface area (Å²) in [6, 6.07) is 1.74. The Labute approximate surface area is 147 Å². The Bertz CT molecular complexity index is 727. The quantitative estimate of drug-likeness (QED) is 0.312. The third-order valence-corrected chi connectivity index (χ3v) is 5.95. The lowest BCUT2D eigenvalue weighted by Crippen LogP contribution is -2.32. The number of benzene rings is 1. The van der Waals surface area contributed by atoms with E-state index in [2.05, 4.69) is 15.9 Å². The maximum Gasteiger partial charge on any atom is 0.302 e. The van der Waals surface area contributed by atoms with E-state index in [0.29, 0.717) is 4.47 Å². The van der Waals surface area contributed by atoms with Crippen LogP contribution in [0.5, 0.6) is 0 Å². The van der Waals surface area contributed by atoms with Crippen molar-refractivity contribution in [2.24, 2.45) is 0 Å². The van der Waals surface area contributed by atoms with Gasteiger partial charge in [0.05, 0.1) is 9.40 Å². The minimum absolute atomic E-state index is 0.101. The normalized spacial score (nSPS) is 20.8. The molecule has 0 saturated heterocycles.